The molecule has 17 heteroatoms. The predicted octanol–water partition coefficient (Wildman–Crippen LogP) is 0.914. The Kier molecular flexibility index (Phi) is 13.9. The Labute approximate surface area is 335 Å². The molecule has 3 fully saturated rings. The van der Waals surface area contributed by atoms with Gasteiger partial charge in [-0.25, -0.2) is 13.6 Å². The first-order valence-electron chi connectivity index (χ1n) is 19.5. The molecule has 0 spiro atoms. The highest BCUT2D eigenvalue weighted by Gasteiger charge is 2.47. The zero-order chi connectivity index (χ0) is 42.6. The van der Waals surface area contributed by atoms with Crippen molar-refractivity contribution in [3.8, 4) is 0 Å². The quantitative estimate of drug-likeness (QED) is 0.281. The average Bonchev–Trinajstić information content (AvgIpc) is 3.80. The van der Waals surface area contributed by atoms with Crippen molar-refractivity contribution in [1.82, 2.24) is 30.7 Å². The zero-order valence-corrected chi connectivity index (χ0v) is 33.5. The van der Waals surface area contributed by atoms with Gasteiger partial charge in [0, 0.05) is 32.6 Å². The minimum Gasteiger partial charge on any atom is -0.458 e. The smallest absolute Gasteiger partial charge is 0.329 e. The van der Waals surface area contributed by atoms with Crippen LogP contribution in [0.1, 0.15) is 63.6 Å². The lowest BCUT2D eigenvalue weighted by atomic mass is 10.0. The van der Waals surface area contributed by atoms with Crippen molar-refractivity contribution in [2.45, 2.75) is 115 Å². The molecule has 0 radical (unpaired) electrons. The Hall–Kier alpha value is -5.45. The van der Waals surface area contributed by atoms with Crippen LogP contribution in [-0.2, 0) is 51.1 Å². The summed E-state index contributed by atoms with van der Waals surface area (Å²) in [5, 5.41) is 18.5. The maximum Gasteiger partial charge on any atom is 0.329 e. The summed E-state index contributed by atoms with van der Waals surface area (Å²) in [6.45, 7) is 7.99. The number of nitrogens with zero attached hydrogens (tertiary/aromatic N) is 3. The van der Waals surface area contributed by atoms with Crippen molar-refractivity contribution in [3.05, 3.63) is 70.8 Å². The van der Waals surface area contributed by atoms with E-state index in [2.05, 4.69) is 16.0 Å². The number of aryl methyl sites for hydroxylation is 1. The lowest BCUT2D eigenvalue weighted by Crippen LogP contribution is -2.63. The summed E-state index contributed by atoms with van der Waals surface area (Å²) in [4.78, 5) is 101. The van der Waals surface area contributed by atoms with E-state index in [9.17, 15) is 47.4 Å². The molecule has 6 amide bonds. The number of ether oxygens (including phenoxy) is 1. The van der Waals surface area contributed by atoms with E-state index in [-0.39, 0.29) is 43.8 Å². The molecule has 3 aliphatic heterocycles. The minimum absolute atomic E-state index is 0.0244. The molecular formula is C41H52F2N6O9. The molecule has 0 saturated carbocycles. The Morgan fingerprint density at radius 1 is 0.931 bits per heavy atom. The van der Waals surface area contributed by atoms with E-state index in [1.165, 1.54) is 37.6 Å². The lowest BCUT2D eigenvalue weighted by Gasteiger charge is -2.37. The van der Waals surface area contributed by atoms with Crippen LogP contribution in [0.4, 0.5) is 8.78 Å². The Morgan fingerprint density at radius 2 is 1.59 bits per heavy atom. The number of carbonyl (C=O) groups excluding carboxylic acids is 7. The van der Waals surface area contributed by atoms with Crippen LogP contribution in [-0.4, -0.2) is 130 Å². The van der Waals surface area contributed by atoms with Gasteiger partial charge in [0.2, 0.25) is 35.4 Å². The largest absolute Gasteiger partial charge is 0.458 e. The topological polar surface area (TPSA) is 195 Å². The van der Waals surface area contributed by atoms with Gasteiger partial charge < -0.3 is 40.5 Å². The molecular weight excluding hydrogens is 758 g/mol. The first-order valence-corrected chi connectivity index (χ1v) is 19.5. The summed E-state index contributed by atoms with van der Waals surface area (Å²) in [5.74, 6) is -7.39. The highest BCUT2D eigenvalue weighted by Crippen LogP contribution is 2.27. The standard InChI is InChI=1S/C41H52F2N6O9/c1-21-9-11-26(12-10-21)18-33(51)45-30(17-27-15-28(42)19-29(43)16-27)36(52)46-34-25(5)58-41(57)32-14-22(2)20-49(32)38(54)23(3)44-37(53)35(24(4)50)47(6)39(55)31-8-7-13-48(31)40(34)56/h9-12,15-16,19,22-25,30-32,34-35,50H,7-8,13-14,17-18,20H2,1-6H3,(H,44,53)(H,45,51)(H,46,52)/t22-,23+,24+,25+,30+,31?,32?,34+,35+/m1/s1. The van der Waals surface area contributed by atoms with Gasteiger partial charge in [-0.3, -0.25) is 28.8 Å². The molecule has 2 aromatic carbocycles. The van der Waals surface area contributed by atoms with Crippen LogP contribution in [0.25, 0.3) is 0 Å². The van der Waals surface area contributed by atoms with Gasteiger partial charge in [0.1, 0.15) is 54.0 Å². The van der Waals surface area contributed by atoms with Gasteiger partial charge in [-0.2, -0.15) is 0 Å². The number of benzene rings is 2. The molecule has 9 atom stereocenters. The molecule has 0 aromatic heterocycles. The fraction of sp³-hybridized carbons (Fsp3) is 0.537. The van der Waals surface area contributed by atoms with Crippen molar-refractivity contribution in [1.29, 1.82) is 0 Å². The number of hydrogen-bond acceptors (Lipinski definition) is 9. The summed E-state index contributed by atoms with van der Waals surface area (Å²) in [6.07, 6.45) is -2.65. The Balaban J connectivity index is 1.51. The van der Waals surface area contributed by atoms with Crippen molar-refractivity contribution < 1.29 is 52.2 Å². The van der Waals surface area contributed by atoms with Crippen molar-refractivity contribution in [3.63, 3.8) is 0 Å². The number of hydrogen-bond donors (Lipinski definition) is 4. The number of nitrogens with one attached hydrogen (secondary N) is 3. The average molecular weight is 811 g/mol. The summed E-state index contributed by atoms with van der Waals surface area (Å²) in [7, 11) is 1.30. The summed E-state index contributed by atoms with van der Waals surface area (Å²) < 4.78 is 34.5. The number of likely N-dealkylation sites (N-methyl/N-ethyl adjacent to an activating group) is 1. The van der Waals surface area contributed by atoms with Crippen LogP contribution in [0.3, 0.4) is 0 Å². The molecule has 3 aliphatic rings. The summed E-state index contributed by atoms with van der Waals surface area (Å²) >= 11 is 0. The first-order chi connectivity index (χ1) is 27.3. The number of aliphatic hydroxyl groups is 1. The van der Waals surface area contributed by atoms with Crippen LogP contribution in [0.5, 0.6) is 0 Å². The molecule has 3 saturated heterocycles. The highest BCUT2D eigenvalue weighted by molar-refractivity contribution is 5.98. The molecule has 15 nitrogen and oxygen atoms in total. The highest BCUT2D eigenvalue weighted by atomic mass is 19.1. The Morgan fingerprint density at radius 3 is 2.22 bits per heavy atom. The normalized spacial score (nSPS) is 27.0. The van der Waals surface area contributed by atoms with E-state index in [1.54, 1.807) is 12.1 Å². The second-order valence-electron chi connectivity index (χ2n) is 15.8. The number of aliphatic hydroxyl groups excluding tert-OH is 1. The molecule has 5 rings (SSSR count). The summed E-state index contributed by atoms with van der Waals surface area (Å²) in [5.41, 5.74) is 1.61. The first kappa shape index (κ1) is 43.7. The van der Waals surface area contributed by atoms with E-state index in [0.717, 1.165) is 22.6 Å². The number of carbonyl (C=O) groups is 7. The van der Waals surface area contributed by atoms with E-state index in [4.69, 9.17) is 4.74 Å². The second kappa shape index (κ2) is 18.4. The van der Waals surface area contributed by atoms with Gasteiger partial charge in [-0.1, -0.05) is 36.8 Å². The maximum atomic E-state index is 14.6. The predicted molar refractivity (Wildman–Crippen MR) is 204 cm³/mol. The Bertz CT molecular complexity index is 1890. The number of halogens is 2. The molecule has 4 N–H and O–H groups in total. The van der Waals surface area contributed by atoms with Gasteiger partial charge in [-0.05, 0) is 76.1 Å². The molecule has 2 aromatic rings. The number of fused-ring (bicyclic) bond motifs is 2. The number of amides is 6. The third-order valence-electron chi connectivity index (χ3n) is 10.9. The second-order valence-corrected chi connectivity index (χ2v) is 15.8. The fourth-order valence-electron chi connectivity index (χ4n) is 7.95. The van der Waals surface area contributed by atoms with Crippen LogP contribution < -0.4 is 16.0 Å². The van der Waals surface area contributed by atoms with Crippen LogP contribution in [0.15, 0.2) is 42.5 Å². The minimum atomic E-state index is -1.67. The molecule has 58 heavy (non-hydrogen) atoms. The molecule has 314 valence electrons. The lowest BCUT2D eigenvalue weighted by molar-refractivity contribution is -0.163. The third-order valence-corrected chi connectivity index (χ3v) is 10.9. The van der Waals surface area contributed by atoms with E-state index in [1.807, 2.05) is 26.0 Å². The maximum absolute atomic E-state index is 14.6. The summed E-state index contributed by atoms with van der Waals surface area (Å²) in [6, 6.07) is 1.70. The zero-order valence-electron chi connectivity index (χ0n) is 33.5. The van der Waals surface area contributed by atoms with Crippen molar-refractivity contribution in [2.24, 2.45) is 5.92 Å². The van der Waals surface area contributed by atoms with Crippen molar-refractivity contribution in [2.75, 3.05) is 20.1 Å². The van der Waals surface area contributed by atoms with E-state index in [0.29, 0.717) is 18.1 Å². The van der Waals surface area contributed by atoms with Gasteiger partial charge in [0.15, 0.2) is 0 Å². The SMILES string of the molecule is Cc1ccc(CC(=O)N[C@@H](Cc2cc(F)cc(F)c2)C(=O)N[C@@H]2C(=O)N3CCCC3C(=O)N(C)[C@@H]([C@H](C)O)C(=O)N[C@@H](C)C(=O)N3C[C@H](C)CC3C(=O)O[C@H]2C)cc1. The molecule has 0 bridgehead atoms. The molecule has 0 aliphatic carbocycles. The monoisotopic (exact) mass is 810 g/mol. The van der Waals surface area contributed by atoms with Crippen molar-refractivity contribution >= 4 is 41.4 Å². The molecule has 3 heterocycles. The van der Waals surface area contributed by atoms with Gasteiger partial charge in [-0.15, -0.1) is 0 Å². The molecule has 2 unspecified atom stereocenters. The van der Waals surface area contributed by atoms with Gasteiger partial charge >= 0.3 is 5.97 Å². The van der Waals surface area contributed by atoms with Crippen LogP contribution in [0.2, 0.25) is 0 Å². The van der Waals surface area contributed by atoms with Gasteiger partial charge in [0.05, 0.1) is 12.5 Å². The van der Waals surface area contributed by atoms with E-state index < -0.39 is 108 Å². The third kappa shape index (κ3) is 10.2. The fourth-order valence-corrected chi connectivity index (χ4v) is 7.95. The van der Waals surface area contributed by atoms with Gasteiger partial charge in [0.25, 0.3) is 0 Å². The van der Waals surface area contributed by atoms with Crippen LogP contribution >= 0.6 is 0 Å². The van der Waals surface area contributed by atoms with Crippen LogP contribution in [0, 0.1) is 24.5 Å². The number of cyclic esters (lactones) is 1. The number of rotatable bonds is 8. The number of esters is 1. The van der Waals surface area contributed by atoms with E-state index >= 15 is 0 Å².